The molecule has 0 aliphatic carbocycles. The number of hydrogen-bond acceptors (Lipinski definition) is 5. The maximum atomic E-state index is 12.9. The normalized spacial score (nSPS) is 12.4. The first-order chi connectivity index (χ1) is 17.7. The summed E-state index contributed by atoms with van der Waals surface area (Å²) in [6.07, 6.45) is -1.02. The smallest absolute Gasteiger partial charge is 0.251 e. The molecule has 0 aliphatic heterocycles. The minimum Gasteiger partial charge on any atom is -0.483 e. The average Bonchev–Trinajstić information content (AvgIpc) is 3.28. The zero-order chi connectivity index (χ0) is 26.7. The molecule has 1 heterocycles. The Kier molecular flexibility index (Phi) is 7.72. The third-order valence-corrected chi connectivity index (χ3v) is 6.31. The number of Topliss-reactive ketones (excluding diaryl/α,β-unsaturated/α-hetero) is 1. The third kappa shape index (κ3) is 5.88. The van der Waals surface area contributed by atoms with Crippen molar-refractivity contribution in [3.05, 3.63) is 82.3 Å². The van der Waals surface area contributed by atoms with Crippen LogP contribution >= 0.6 is 23.2 Å². The van der Waals surface area contributed by atoms with E-state index in [1.54, 1.807) is 54.6 Å². The molecule has 0 radical (unpaired) electrons. The highest BCUT2D eigenvalue weighted by Gasteiger charge is 2.34. The number of anilines is 1. The van der Waals surface area contributed by atoms with Crippen molar-refractivity contribution in [2.24, 2.45) is 5.92 Å². The first-order valence-electron chi connectivity index (χ1n) is 11.4. The Hall–Kier alpha value is -3.99. The average molecular weight is 536 g/mol. The Morgan fingerprint density at radius 2 is 1.65 bits per heavy atom. The molecule has 9 heteroatoms. The van der Waals surface area contributed by atoms with Gasteiger partial charge in [-0.15, -0.1) is 0 Å². The first kappa shape index (κ1) is 26.1. The number of ether oxygens (including phenoxy) is 2. The number of carbonyl (C=O) groups excluding carboxylic acids is 2. The molecule has 7 nitrogen and oxygen atoms in total. The highest BCUT2D eigenvalue weighted by Crippen LogP contribution is 2.32. The molecule has 0 saturated heterocycles. The molecular weight excluding hydrogens is 513 g/mol. The predicted molar refractivity (Wildman–Crippen MR) is 144 cm³/mol. The molecule has 0 aliphatic rings. The minimum atomic E-state index is -1.49. The number of fused-ring (bicyclic) bond motifs is 1. The number of halogens is 2. The monoisotopic (exact) mass is 535 g/mol. The fourth-order valence-electron chi connectivity index (χ4n) is 3.73. The number of ketones is 1. The van der Waals surface area contributed by atoms with Gasteiger partial charge in [0.25, 0.3) is 5.91 Å². The fraction of sp³-hybridized carbons (Fsp3) is 0.179. The lowest BCUT2D eigenvalue weighted by molar-refractivity contribution is -0.134. The van der Waals surface area contributed by atoms with Gasteiger partial charge in [0.15, 0.2) is 23.7 Å². The van der Waals surface area contributed by atoms with Crippen molar-refractivity contribution in [2.75, 3.05) is 11.9 Å². The zero-order valence-corrected chi connectivity index (χ0v) is 21.8. The summed E-state index contributed by atoms with van der Waals surface area (Å²) in [7, 11) is 1.53. The Morgan fingerprint density at radius 3 is 2.30 bits per heavy atom. The molecular formula is C28H23Cl2N3O4. The van der Waals surface area contributed by atoms with Gasteiger partial charge in [-0.1, -0.05) is 40.9 Å². The summed E-state index contributed by atoms with van der Waals surface area (Å²) < 4.78 is 11.6. The van der Waals surface area contributed by atoms with Crippen LogP contribution in [-0.2, 0) is 9.59 Å². The van der Waals surface area contributed by atoms with Gasteiger partial charge in [0.2, 0.25) is 0 Å². The van der Waals surface area contributed by atoms with Crippen LogP contribution in [0.5, 0.6) is 17.4 Å². The number of aromatic nitrogens is 1. The molecule has 0 spiro atoms. The van der Waals surface area contributed by atoms with Crippen LogP contribution in [-0.4, -0.2) is 29.8 Å². The van der Waals surface area contributed by atoms with E-state index in [4.69, 9.17) is 32.7 Å². The molecule has 0 fully saturated rings. The van der Waals surface area contributed by atoms with Gasteiger partial charge < -0.3 is 19.4 Å². The molecule has 1 aromatic heterocycles. The summed E-state index contributed by atoms with van der Waals surface area (Å²) in [6.45, 7) is 3.44. The number of aryl methyl sites for hydroxylation is 1. The summed E-state index contributed by atoms with van der Waals surface area (Å²) in [5, 5.41) is 11.4. The van der Waals surface area contributed by atoms with E-state index >= 15 is 0 Å². The SMILES string of the molecule is Cc1ccc(N(C)C(=O)C(C#N)C(=O)C(C)Oc2ccc(Oc3cc4cc(Cl)cc(Cl)c4[nH]3)cc2)cc1. The van der Waals surface area contributed by atoms with Gasteiger partial charge in [-0.05, 0) is 62.4 Å². The molecule has 2 atom stereocenters. The number of carbonyl (C=O) groups is 2. The van der Waals surface area contributed by atoms with Crippen LogP contribution in [0.1, 0.15) is 12.5 Å². The van der Waals surface area contributed by atoms with E-state index in [1.807, 2.05) is 25.1 Å². The van der Waals surface area contributed by atoms with Crippen molar-refractivity contribution in [3.63, 3.8) is 0 Å². The Bertz CT molecular complexity index is 1490. The maximum absolute atomic E-state index is 12.9. The van der Waals surface area contributed by atoms with Crippen molar-refractivity contribution in [2.45, 2.75) is 20.0 Å². The standard InChI is InChI=1S/C28H23Cl2N3O4/c1-16-4-6-20(7-5-16)33(3)28(35)23(15-31)27(34)17(2)36-21-8-10-22(11-9-21)37-25-13-18-12-19(29)14-24(30)26(18)32-25/h4-14,17,23,32H,1-3H3. The number of aromatic amines is 1. The molecule has 0 saturated carbocycles. The highest BCUT2D eigenvalue weighted by atomic mass is 35.5. The van der Waals surface area contributed by atoms with Crippen molar-refractivity contribution in [1.29, 1.82) is 5.26 Å². The first-order valence-corrected chi connectivity index (χ1v) is 12.1. The van der Waals surface area contributed by atoms with Crippen LogP contribution in [0.4, 0.5) is 5.69 Å². The van der Waals surface area contributed by atoms with Crippen LogP contribution < -0.4 is 14.4 Å². The van der Waals surface area contributed by atoms with Gasteiger partial charge in [0, 0.05) is 29.2 Å². The van der Waals surface area contributed by atoms with E-state index in [0.717, 1.165) is 10.9 Å². The van der Waals surface area contributed by atoms with Gasteiger partial charge >= 0.3 is 0 Å². The van der Waals surface area contributed by atoms with E-state index in [-0.39, 0.29) is 0 Å². The maximum Gasteiger partial charge on any atom is 0.251 e. The summed E-state index contributed by atoms with van der Waals surface area (Å²) in [4.78, 5) is 30.2. The Labute approximate surface area is 224 Å². The lowest BCUT2D eigenvalue weighted by atomic mass is 10.00. The molecule has 4 aromatic rings. The molecule has 1 amide bonds. The van der Waals surface area contributed by atoms with Crippen LogP contribution in [0.25, 0.3) is 10.9 Å². The zero-order valence-electron chi connectivity index (χ0n) is 20.3. The number of nitriles is 1. The van der Waals surface area contributed by atoms with E-state index in [1.165, 1.54) is 18.9 Å². The van der Waals surface area contributed by atoms with Crippen molar-refractivity contribution in [1.82, 2.24) is 4.98 Å². The third-order valence-electron chi connectivity index (χ3n) is 5.80. The van der Waals surface area contributed by atoms with Crippen LogP contribution in [0.3, 0.4) is 0 Å². The van der Waals surface area contributed by atoms with Crippen molar-refractivity contribution in [3.8, 4) is 23.4 Å². The fourth-order valence-corrected chi connectivity index (χ4v) is 4.29. The molecule has 37 heavy (non-hydrogen) atoms. The largest absolute Gasteiger partial charge is 0.483 e. The van der Waals surface area contributed by atoms with Crippen molar-refractivity contribution >= 4 is 51.5 Å². The van der Waals surface area contributed by atoms with Gasteiger partial charge in [0.05, 0.1) is 16.6 Å². The predicted octanol–water partition coefficient (Wildman–Crippen LogP) is 6.71. The van der Waals surface area contributed by atoms with E-state index < -0.39 is 23.7 Å². The molecule has 0 bridgehead atoms. The van der Waals surface area contributed by atoms with Gasteiger partial charge in [-0.2, -0.15) is 5.26 Å². The van der Waals surface area contributed by atoms with Crippen LogP contribution in [0, 0.1) is 24.2 Å². The lowest BCUT2D eigenvalue weighted by Gasteiger charge is -2.22. The number of benzene rings is 3. The molecule has 2 unspecified atom stereocenters. The van der Waals surface area contributed by atoms with Gasteiger partial charge in [-0.3, -0.25) is 9.59 Å². The van der Waals surface area contributed by atoms with Crippen molar-refractivity contribution < 1.29 is 19.1 Å². The van der Waals surface area contributed by atoms with Gasteiger partial charge in [0.1, 0.15) is 11.5 Å². The summed E-state index contributed by atoms with van der Waals surface area (Å²) in [5.74, 6) is -1.35. The van der Waals surface area contributed by atoms with Gasteiger partial charge in [-0.25, -0.2) is 0 Å². The minimum absolute atomic E-state index is 0.385. The van der Waals surface area contributed by atoms with E-state index in [9.17, 15) is 14.9 Å². The number of amides is 1. The van der Waals surface area contributed by atoms with Crippen LogP contribution in [0.15, 0.2) is 66.7 Å². The quantitative estimate of drug-likeness (QED) is 0.253. The Morgan fingerprint density at radius 1 is 1.00 bits per heavy atom. The molecule has 3 aromatic carbocycles. The Balaban J connectivity index is 1.40. The molecule has 188 valence electrons. The second-order valence-electron chi connectivity index (χ2n) is 8.52. The topological polar surface area (TPSA) is 95.4 Å². The summed E-state index contributed by atoms with van der Waals surface area (Å²) in [5.41, 5.74) is 2.34. The number of nitrogens with zero attached hydrogens (tertiary/aromatic N) is 2. The van der Waals surface area contributed by atoms with Crippen LogP contribution in [0.2, 0.25) is 10.0 Å². The number of H-pyrrole nitrogens is 1. The summed E-state index contributed by atoms with van der Waals surface area (Å²) in [6, 6.07) is 20.9. The lowest BCUT2D eigenvalue weighted by Crippen LogP contribution is -2.41. The van der Waals surface area contributed by atoms with E-state index in [2.05, 4.69) is 4.98 Å². The molecule has 4 rings (SSSR count). The molecule has 1 N–H and O–H groups in total. The van der Waals surface area contributed by atoms with E-state index in [0.29, 0.717) is 38.6 Å². The number of hydrogen-bond donors (Lipinski definition) is 1. The second kappa shape index (κ2) is 11.0. The second-order valence-corrected chi connectivity index (χ2v) is 9.36. The highest BCUT2D eigenvalue weighted by molar-refractivity contribution is 6.38. The number of nitrogens with one attached hydrogen (secondary N) is 1. The number of rotatable bonds is 8. The summed E-state index contributed by atoms with van der Waals surface area (Å²) >= 11 is 12.3.